The number of amidine groups is 1. The molecule has 0 spiro atoms. The summed E-state index contributed by atoms with van der Waals surface area (Å²) in [6.45, 7) is 6.86. The highest BCUT2D eigenvalue weighted by molar-refractivity contribution is 7.90. The summed E-state index contributed by atoms with van der Waals surface area (Å²) in [7, 11) is -1.48. The van der Waals surface area contributed by atoms with Gasteiger partial charge in [-0.25, -0.2) is 22.0 Å². The average Bonchev–Trinajstić information content (AvgIpc) is 3.04. The van der Waals surface area contributed by atoms with Crippen molar-refractivity contribution >= 4 is 21.7 Å². The number of carbonyl (C=O) groups excluding carboxylic acids is 1. The van der Waals surface area contributed by atoms with Crippen molar-refractivity contribution in [1.29, 1.82) is 0 Å². The molecular formula is C35H42F2N4O5S. The zero-order chi connectivity index (χ0) is 33.8. The molecule has 0 aromatic heterocycles. The summed E-state index contributed by atoms with van der Waals surface area (Å²) >= 11 is 0. The normalized spacial score (nSPS) is 20.6. The quantitative estimate of drug-likeness (QED) is 0.277. The minimum atomic E-state index is -3.05. The summed E-state index contributed by atoms with van der Waals surface area (Å²) in [5.41, 5.74) is 1.08. The number of ether oxygens (including phenoxy) is 2. The zero-order valence-corrected chi connectivity index (χ0v) is 28.1. The Labute approximate surface area is 275 Å². The maximum Gasteiger partial charge on any atom is 0.326 e. The van der Waals surface area contributed by atoms with E-state index in [0.717, 1.165) is 11.1 Å². The van der Waals surface area contributed by atoms with Crippen LogP contribution in [0.5, 0.6) is 11.5 Å². The van der Waals surface area contributed by atoms with Gasteiger partial charge in [0.1, 0.15) is 38.8 Å². The molecule has 0 saturated carbocycles. The Kier molecular flexibility index (Phi) is 10.5. The van der Waals surface area contributed by atoms with Crippen molar-refractivity contribution < 1.29 is 31.5 Å². The van der Waals surface area contributed by atoms with Crippen LogP contribution in [-0.2, 0) is 15.4 Å². The Bertz CT molecular complexity index is 1690. The van der Waals surface area contributed by atoms with Crippen molar-refractivity contribution in [3.63, 3.8) is 0 Å². The fourth-order valence-electron chi connectivity index (χ4n) is 6.32. The molecule has 0 N–H and O–H groups in total. The SMILES string of the molecule is CCOc1cc(OC)ccc1C1=N[C@H](c2ccc(F)cc2)C[C@@](C)(c2ccc(F)cc2)N1C(=O)N1CCN(CCCS(C)(=O)=O)CC1. The Morgan fingerprint density at radius 2 is 1.62 bits per heavy atom. The van der Waals surface area contributed by atoms with Crippen molar-refractivity contribution in [2.45, 2.75) is 38.3 Å². The number of sulfone groups is 1. The van der Waals surface area contributed by atoms with Crippen LogP contribution < -0.4 is 9.47 Å². The molecule has 0 radical (unpaired) electrons. The molecule has 3 aromatic carbocycles. The third kappa shape index (κ3) is 7.93. The number of halogens is 2. The molecule has 12 heteroatoms. The molecule has 47 heavy (non-hydrogen) atoms. The van der Waals surface area contributed by atoms with Gasteiger partial charge in [-0.1, -0.05) is 24.3 Å². The standard InChI is InChI=1S/C35H42F2N4O5S/c1-5-46-32-23-29(45-3)15-16-30(32)33-38-31(25-7-11-27(36)12-8-25)24-35(2,26-9-13-28(37)14-10-26)41(33)34(42)40-20-18-39(19-21-40)17-6-22-47(4,43)44/h7-16,23,31H,5-6,17-22,24H2,1-4H3/t31-,35-/m0/s1. The second kappa shape index (κ2) is 14.4. The topological polar surface area (TPSA) is 91.8 Å². The first kappa shape index (κ1) is 34.3. The van der Waals surface area contributed by atoms with Crippen molar-refractivity contribution in [3.05, 3.63) is 95.1 Å². The Balaban J connectivity index is 1.59. The van der Waals surface area contributed by atoms with Gasteiger partial charge in [0.2, 0.25) is 0 Å². The minimum Gasteiger partial charge on any atom is -0.497 e. The van der Waals surface area contributed by atoms with Gasteiger partial charge in [-0.2, -0.15) is 0 Å². The van der Waals surface area contributed by atoms with Gasteiger partial charge < -0.3 is 14.4 Å². The van der Waals surface area contributed by atoms with Crippen LogP contribution in [0.2, 0.25) is 0 Å². The largest absolute Gasteiger partial charge is 0.497 e. The van der Waals surface area contributed by atoms with Gasteiger partial charge in [-0.15, -0.1) is 0 Å². The van der Waals surface area contributed by atoms with Crippen molar-refractivity contribution in [2.75, 3.05) is 58.4 Å². The molecule has 2 amide bonds. The van der Waals surface area contributed by atoms with Gasteiger partial charge >= 0.3 is 6.03 Å². The van der Waals surface area contributed by atoms with Crippen LogP contribution in [0.4, 0.5) is 13.6 Å². The molecule has 252 valence electrons. The number of hydrogen-bond acceptors (Lipinski definition) is 7. The van der Waals surface area contributed by atoms with Gasteiger partial charge in [0, 0.05) is 44.9 Å². The van der Waals surface area contributed by atoms with E-state index >= 15 is 0 Å². The summed E-state index contributed by atoms with van der Waals surface area (Å²) in [5, 5.41) is 0. The highest BCUT2D eigenvalue weighted by Gasteiger charge is 2.48. The Hall–Kier alpha value is -4.03. The van der Waals surface area contributed by atoms with E-state index in [4.69, 9.17) is 14.5 Å². The fourth-order valence-corrected chi connectivity index (χ4v) is 6.97. The lowest BCUT2D eigenvalue weighted by molar-refractivity contribution is 0.0935. The first-order chi connectivity index (χ1) is 22.4. The monoisotopic (exact) mass is 668 g/mol. The van der Waals surface area contributed by atoms with Gasteiger partial charge in [-0.3, -0.25) is 14.8 Å². The number of amides is 2. The summed E-state index contributed by atoms with van der Waals surface area (Å²) in [6.07, 6.45) is 2.12. The van der Waals surface area contributed by atoms with Crippen molar-refractivity contribution in [3.8, 4) is 11.5 Å². The first-order valence-electron chi connectivity index (χ1n) is 15.8. The van der Waals surface area contributed by atoms with Crippen molar-refractivity contribution in [1.82, 2.24) is 14.7 Å². The number of benzene rings is 3. The molecule has 0 aliphatic carbocycles. The van der Waals surface area contributed by atoms with Crippen LogP contribution >= 0.6 is 0 Å². The van der Waals surface area contributed by atoms with Crippen molar-refractivity contribution in [2.24, 2.45) is 4.99 Å². The second-order valence-corrected chi connectivity index (χ2v) is 14.5. The van der Waals surface area contributed by atoms with E-state index in [1.165, 1.54) is 30.5 Å². The predicted molar refractivity (Wildman–Crippen MR) is 178 cm³/mol. The first-order valence-corrected chi connectivity index (χ1v) is 17.9. The van der Waals surface area contributed by atoms with Crippen LogP contribution in [0, 0.1) is 11.6 Å². The molecule has 2 aliphatic rings. The number of hydrogen-bond donors (Lipinski definition) is 0. The van der Waals surface area contributed by atoms with Gasteiger partial charge in [0.15, 0.2) is 0 Å². The molecule has 1 saturated heterocycles. The number of nitrogens with zero attached hydrogens (tertiary/aromatic N) is 4. The summed E-state index contributed by atoms with van der Waals surface area (Å²) in [5.74, 6) is 0.806. The number of piperazine rings is 1. The van der Waals surface area contributed by atoms with Crippen LogP contribution in [-0.4, -0.2) is 93.4 Å². The van der Waals surface area contributed by atoms with E-state index < -0.39 is 27.2 Å². The van der Waals surface area contributed by atoms with Crippen LogP contribution in [0.3, 0.4) is 0 Å². The molecule has 0 unspecified atom stereocenters. The molecule has 2 atom stereocenters. The predicted octanol–water partition coefficient (Wildman–Crippen LogP) is 5.65. The maximum atomic E-state index is 14.8. The number of carbonyl (C=O) groups is 1. The lowest BCUT2D eigenvalue weighted by Crippen LogP contribution is -2.61. The summed E-state index contributed by atoms with van der Waals surface area (Å²) < 4.78 is 63.0. The van der Waals surface area contributed by atoms with E-state index in [1.54, 1.807) is 53.3 Å². The maximum absolute atomic E-state index is 14.8. The lowest BCUT2D eigenvalue weighted by Gasteiger charge is -2.49. The summed E-state index contributed by atoms with van der Waals surface area (Å²) in [6, 6.07) is 17.0. The molecule has 5 rings (SSSR count). The molecule has 0 bridgehead atoms. The van der Waals surface area contributed by atoms with Gasteiger partial charge in [0.25, 0.3) is 0 Å². The number of methoxy groups -OCH3 is 1. The molecule has 1 fully saturated rings. The Morgan fingerprint density at radius 1 is 0.979 bits per heavy atom. The van der Waals surface area contributed by atoms with E-state index in [-0.39, 0.29) is 17.6 Å². The molecule has 2 heterocycles. The van der Waals surface area contributed by atoms with E-state index in [0.29, 0.717) is 75.1 Å². The van der Waals surface area contributed by atoms with E-state index in [1.807, 2.05) is 19.9 Å². The zero-order valence-electron chi connectivity index (χ0n) is 27.3. The molecule has 2 aliphatic heterocycles. The lowest BCUT2D eigenvalue weighted by atomic mass is 9.80. The third-order valence-electron chi connectivity index (χ3n) is 8.85. The van der Waals surface area contributed by atoms with Crippen LogP contribution in [0.25, 0.3) is 0 Å². The number of urea groups is 1. The average molecular weight is 669 g/mol. The van der Waals surface area contributed by atoms with Gasteiger partial charge in [0.05, 0.1) is 36.6 Å². The van der Waals surface area contributed by atoms with Crippen LogP contribution in [0.1, 0.15) is 49.4 Å². The van der Waals surface area contributed by atoms with E-state index in [2.05, 4.69) is 4.90 Å². The number of rotatable bonds is 10. The highest BCUT2D eigenvalue weighted by Crippen LogP contribution is 2.45. The molecule has 3 aromatic rings. The smallest absolute Gasteiger partial charge is 0.326 e. The fraction of sp³-hybridized carbons (Fsp3) is 0.429. The summed E-state index contributed by atoms with van der Waals surface area (Å²) in [4.78, 5) is 25.6. The second-order valence-electron chi connectivity index (χ2n) is 12.2. The molecular weight excluding hydrogens is 626 g/mol. The highest BCUT2D eigenvalue weighted by atomic mass is 32.2. The van der Waals surface area contributed by atoms with Gasteiger partial charge in [-0.05, 0) is 74.3 Å². The number of aliphatic imine (C=N–C) groups is 1. The van der Waals surface area contributed by atoms with E-state index in [9.17, 15) is 22.0 Å². The van der Waals surface area contributed by atoms with Crippen LogP contribution in [0.15, 0.2) is 71.7 Å². The third-order valence-corrected chi connectivity index (χ3v) is 9.88. The Morgan fingerprint density at radius 3 is 2.21 bits per heavy atom. The minimum absolute atomic E-state index is 0.120. The molecule has 9 nitrogen and oxygen atoms in total.